The van der Waals surface area contributed by atoms with E-state index in [1.807, 2.05) is 50.2 Å². The molecule has 5 heteroatoms. The van der Waals surface area contributed by atoms with Gasteiger partial charge in [0, 0.05) is 11.6 Å². The summed E-state index contributed by atoms with van der Waals surface area (Å²) in [5.74, 6) is 2.79. The maximum atomic E-state index is 12.7. The van der Waals surface area contributed by atoms with E-state index in [2.05, 4.69) is 5.92 Å². The smallest absolute Gasteiger partial charge is 0.293 e. The Bertz CT molecular complexity index is 942. The van der Waals surface area contributed by atoms with Crippen LogP contribution in [0.2, 0.25) is 0 Å². The number of carbonyl (C=O) groups is 2. The Kier molecular flexibility index (Phi) is 5.34. The van der Waals surface area contributed by atoms with Gasteiger partial charge in [-0.1, -0.05) is 43.2 Å². The lowest BCUT2D eigenvalue weighted by atomic mass is 10.0. The van der Waals surface area contributed by atoms with Crippen molar-refractivity contribution in [1.29, 1.82) is 0 Å². The number of hydrogen-bond acceptors (Lipinski definition) is 4. The fourth-order valence-electron chi connectivity index (χ4n) is 2.84. The summed E-state index contributed by atoms with van der Waals surface area (Å²) in [5.41, 5.74) is 0.757. The molecule has 26 heavy (non-hydrogen) atoms. The molecule has 3 rings (SSSR count). The number of terminal acetylenes is 1. The normalized spacial score (nSPS) is 17.0. The Morgan fingerprint density at radius 3 is 2.77 bits per heavy atom. The highest BCUT2D eigenvalue weighted by Gasteiger charge is 2.37. The first kappa shape index (κ1) is 18.1. The lowest BCUT2D eigenvalue weighted by molar-refractivity contribution is -0.124. The first-order chi connectivity index (χ1) is 12.6. The molecule has 0 saturated carbocycles. The lowest BCUT2D eigenvalue weighted by Crippen LogP contribution is -2.36. The van der Waals surface area contributed by atoms with E-state index in [9.17, 15) is 9.59 Å². The average molecular weight is 365 g/mol. The molecular formula is C21H19NO3S. The number of rotatable bonds is 5. The van der Waals surface area contributed by atoms with Crippen molar-refractivity contribution in [2.75, 3.05) is 6.61 Å². The molecule has 0 N–H and O–H groups in total. The van der Waals surface area contributed by atoms with Gasteiger partial charge >= 0.3 is 0 Å². The maximum absolute atomic E-state index is 12.7. The highest BCUT2D eigenvalue weighted by atomic mass is 32.2. The summed E-state index contributed by atoms with van der Waals surface area (Å²) in [6.07, 6.45) is 7.77. The lowest BCUT2D eigenvalue weighted by Gasteiger charge is -2.19. The summed E-state index contributed by atoms with van der Waals surface area (Å²) in [6, 6.07) is 11.5. The van der Waals surface area contributed by atoms with E-state index in [1.165, 1.54) is 4.90 Å². The number of carbonyl (C=O) groups excluding carboxylic acids is 2. The number of ether oxygens (including phenoxy) is 1. The minimum Gasteiger partial charge on any atom is -0.480 e. The molecule has 1 saturated heterocycles. The van der Waals surface area contributed by atoms with Crippen LogP contribution in [0, 0.1) is 12.3 Å². The summed E-state index contributed by atoms with van der Waals surface area (Å²) in [4.78, 5) is 26.7. The van der Waals surface area contributed by atoms with E-state index in [0.717, 1.165) is 34.5 Å². The van der Waals surface area contributed by atoms with Crippen LogP contribution in [-0.4, -0.2) is 28.7 Å². The number of amides is 2. The molecule has 1 fully saturated rings. The second-order valence-electron chi connectivity index (χ2n) is 6.00. The van der Waals surface area contributed by atoms with Gasteiger partial charge in [0.15, 0.2) is 0 Å². The van der Waals surface area contributed by atoms with Gasteiger partial charge in [-0.15, -0.1) is 6.42 Å². The monoisotopic (exact) mass is 365 g/mol. The van der Waals surface area contributed by atoms with Gasteiger partial charge in [-0.2, -0.15) is 0 Å². The molecule has 4 nitrogen and oxygen atoms in total. The summed E-state index contributed by atoms with van der Waals surface area (Å²) in [7, 11) is 0. The van der Waals surface area contributed by atoms with E-state index in [1.54, 1.807) is 6.08 Å². The van der Waals surface area contributed by atoms with Gasteiger partial charge in [0.2, 0.25) is 0 Å². The van der Waals surface area contributed by atoms with Gasteiger partial charge in [0.1, 0.15) is 12.4 Å². The fourth-order valence-corrected chi connectivity index (χ4v) is 3.76. The zero-order chi connectivity index (χ0) is 18.7. The predicted octanol–water partition coefficient (Wildman–Crippen LogP) is 4.69. The number of imide groups is 1. The number of thioether (sulfide) groups is 1. The fraction of sp³-hybridized carbons (Fsp3) is 0.238. The Balaban J connectivity index is 2.10. The van der Waals surface area contributed by atoms with E-state index in [0.29, 0.717) is 10.7 Å². The van der Waals surface area contributed by atoms with Crippen molar-refractivity contribution in [3.63, 3.8) is 0 Å². The largest absolute Gasteiger partial charge is 0.480 e. The van der Waals surface area contributed by atoms with Crippen LogP contribution in [0.25, 0.3) is 16.8 Å². The Morgan fingerprint density at radius 1 is 1.27 bits per heavy atom. The minimum atomic E-state index is -0.259. The predicted molar refractivity (Wildman–Crippen MR) is 106 cm³/mol. The minimum absolute atomic E-state index is 0.127. The quantitative estimate of drug-likeness (QED) is 0.570. The third-order valence-electron chi connectivity index (χ3n) is 4.37. The molecule has 0 bridgehead atoms. The number of fused-ring (bicyclic) bond motifs is 1. The first-order valence-electron chi connectivity index (χ1n) is 8.42. The van der Waals surface area contributed by atoms with Crippen LogP contribution < -0.4 is 4.74 Å². The Hall–Kier alpha value is -2.71. The SMILES string of the molecule is C#CCOc1ccc2ccccc2c1/C=C1/SC(=O)N([C@H](C)CC)C1=O. The van der Waals surface area contributed by atoms with Gasteiger partial charge in [0.25, 0.3) is 11.1 Å². The zero-order valence-corrected chi connectivity index (χ0v) is 15.5. The average Bonchev–Trinajstić information content (AvgIpc) is 2.93. The molecule has 0 aliphatic carbocycles. The molecule has 2 amide bonds. The highest BCUT2D eigenvalue weighted by molar-refractivity contribution is 8.18. The van der Waals surface area contributed by atoms with Crippen LogP contribution in [0.15, 0.2) is 41.3 Å². The summed E-state index contributed by atoms with van der Waals surface area (Å²) in [5, 5.41) is 1.73. The molecular weight excluding hydrogens is 346 g/mol. The van der Waals surface area contributed by atoms with Gasteiger partial charge in [-0.3, -0.25) is 14.5 Å². The third-order valence-corrected chi connectivity index (χ3v) is 5.26. The molecule has 1 aliphatic heterocycles. The van der Waals surface area contributed by atoms with Crippen LogP contribution in [0.3, 0.4) is 0 Å². The zero-order valence-electron chi connectivity index (χ0n) is 14.7. The molecule has 0 unspecified atom stereocenters. The van der Waals surface area contributed by atoms with Crippen molar-refractivity contribution < 1.29 is 14.3 Å². The molecule has 1 heterocycles. The molecule has 0 radical (unpaired) electrons. The van der Waals surface area contributed by atoms with E-state index in [-0.39, 0.29) is 23.8 Å². The van der Waals surface area contributed by atoms with Crippen molar-refractivity contribution in [3.8, 4) is 18.1 Å². The van der Waals surface area contributed by atoms with E-state index < -0.39 is 0 Å². The Labute approximate surface area is 157 Å². The maximum Gasteiger partial charge on any atom is 0.293 e. The molecule has 132 valence electrons. The summed E-state index contributed by atoms with van der Waals surface area (Å²) < 4.78 is 5.66. The van der Waals surface area contributed by atoms with Gasteiger partial charge in [0.05, 0.1) is 4.91 Å². The molecule has 0 aromatic heterocycles. The summed E-state index contributed by atoms with van der Waals surface area (Å²) in [6.45, 7) is 3.96. The number of benzene rings is 2. The second kappa shape index (κ2) is 7.67. The van der Waals surface area contributed by atoms with Crippen LogP contribution >= 0.6 is 11.8 Å². The highest BCUT2D eigenvalue weighted by Crippen LogP contribution is 2.37. The third kappa shape index (κ3) is 3.33. The second-order valence-corrected chi connectivity index (χ2v) is 6.99. The number of hydrogen-bond donors (Lipinski definition) is 0. The summed E-state index contributed by atoms with van der Waals surface area (Å²) >= 11 is 0.964. The van der Waals surface area contributed by atoms with Gasteiger partial charge in [-0.05, 0) is 48.0 Å². The van der Waals surface area contributed by atoms with Crippen LogP contribution in [0.1, 0.15) is 25.8 Å². The first-order valence-corrected chi connectivity index (χ1v) is 9.23. The van der Waals surface area contributed by atoms with Crippen molar-refractivity contribution in [2.45, 2.75) is 26.3 Å². The van der Waals surface area contributed by atoms with E-state index in [4.69, 9.17) is 11.2 Å². The van der Waals surface area contributed by atoms with E-state index >= 15 is 0 Å². The van der Waals surface area contributed by atoms with Crippen molar-refractivity contribution in [1.82, 2.24) is 4.90 Å². The molecule has 0 spiro atoms. The topological polar surface area (TPSA) is 46.6 Å². The van der Waals surface area contributed by atoms with Gasteiger partial charge in [-0.25, -0.2) is 0 Å². The molecule has 1 aliphatic rings. The van der Waals surface area contributed by atoms with Crippen LogP contribution in [0.4, 0.5) is 4.79 Å². The molecule has 2 aromatic rings. The van der Waals surface area contributed by atoms with Crippen LogP contribution in [0.5, 0.6) is 5.75 Å². The standard InChI is InChI=1S/C21H19NO3S/c1-4-12-25-18-11-10-15-8-6-7-9-16(15)17(18)13-19-20(23)22(14(3)5-2)21(24)26-19/h1,6-11,13-14H,5,12H2,2-3H3/b19-13+/t14-/m1/s1. The Morgan fingerprint density at radius 2 is 2.04 bits per heavy atom. The van der Waals surface area contributed by atoms with Crippen molar-refractivity contribution in [3.05, 3.63) is 46.9 Å². The van der Waals surface area contributed by atoms with Crippen molar-refractivity contribution >= 4 is 39.8 Å². The van der Waals surface area contributed by atoms with Crippen LogP contribution in [-0.2, 0) is 4.79 Å². The van der Waals surface area contributed by atoms with Crippen molar-refractivity contribution in [2.24, 2.45) is 0 Å². The molecule has 1 atom stereocenters. The van der Waals surface area contributed by atoms with Gasteiger partial charge < -0.3 is 4.74 Å². The molecule has 2 aromatic carbocycles. The number of nitrogens with zero attached hydrogens (tertiary/aromatic N) is 1.